The number of nitrogens with zero attached hydrogens (tertiary/aromatic N) is 2. The number of amides is 3. The highest BCUT2D eigenvalue weighted by molar-refractivity contribution is 7.93. The molecule has 0 spiro atoms. The van der Waals surface area contributed by atoms with Crippen molar-refractivity contribution in [1.82, 2.24) is 5.32 Å². The first-order valence-electron chi connectivity index (χ1n) is 9.15. The largest absolute Gasteiger partial charge is 0.506 e. The molecule has 2 aromatic rings. The molecule has 152 valence electrons. The molecule has 0 aromatic heterocycles. The Labute approximate surface area is 168 Å². The number of phenolic OH excluding ortho intramolecular Hbond substituents is 1. The summed E-state index contributed by atoms with van der Waals surface area (Å²) < 4.78 is 25.5. The quantitative estimate of drug-likeness (QED) is 0.656. The van der Waals surface area contributed by atoms with E-state index in [4.69, 9.17) is 0 Å². The molecule has 2 aliphatic heterocycles. The zero-order valence-electron chi connectivity index (χ0n) is 15.5. The lowest BCUT2D eigenvalue weighted by Gasteiger charge is -2.19. The molecule has 0 saturated carbocycles. The maximum absolute atomic E-state index is 12.7. The molecule has 0 bridgehead atoms. The summed E-state index contributed by atoms with van der Waals surface area (Å²) in [6.45, 7) is 1.41. The first-order chi connectivity index (χ1) is 13.8. The standard InChI is InChI=1S/C19H20N4O5S/c24-17-6-5-15(23-8-2-10-29(23,27)28)12-16(17)21-18(25)13-3-1-4-14(11-13)22-9-7-20-19(22)26/h1,3-6,11-12,24H,2,7-10H2,(H,20,26)(H,21,25). The normalized spacial score (nSPS) is 18.0. The molecule has 2 aromatic carbocycles. The molecule has 4 rings (SSSR count). The van der Waals surface area contributed by atoms with E-state index in [2.05, 4.69) is 10.6 Å². The maximum Gasteiger partial charge on any atom is 0.321 e. The van der Waals surface area contributed by atoms with Crippen LogP contribution in [0.4, 0.5) is 21.9 Å². The molecule has 3 amide bonds. The molecule has 29 heavy (non-hydrogen) atoms. The van der Waals surface area contributed by atoms with Gasteiger partial charge in [0.05, 0.1) is 17.1 Å². The van der Waals surface area contributed by atoms with E-state index in [0.717, 1.165) is 0 Å². The van der Waals surface area contributed by atoms with E-state index in [-0.39, 0.29) is 23.2 Å². The van der Waals surface area contributed by atoms with Gasteiger partial charge < -0.3 is 15.7 Å². The van der Waals surface area contributed by atoms with Crippen molar-refractivity contribution in [2.75, 3.05) is 39.9 Å². The number of aromatic hydroxyl groups is 1. The van der Waals surface area contributed by atoms with Crippen molar-refractivity contribution in [3.05, 3.63) is 48.0 Å². The second kappa shape index (κ2) is 7.28. The van der Waals surface area contributed by atoms with Crippen LogP contribution in [0.15, 0.2) is 42.5 Å². The molecule has 0 atom stereocenters. The van der Waals surface area contributed by atoms with Gasteiger partial charge in [0.2, 0.25) is 10.0 Å². The van der Waals surface area contributed by atoms with Gasteiger partial charge in [0.15, 0.2) is 0 Å². The molecule has 2 saturated heterocycles. The highest BCUT2D eigenvalue weighted by Crippen LogP contribution is 2.32. The summed E-state index contributed by atoms with van der Waals surface area (Å²) in [6, 6.07) is 10.7. The monoisotopic (exact) mass is 416 g/mol. The molecule has 2 heterocycles. The second-order valence-electron chi connectivity index (χ2n) is 6.83. The van der Waals surface area contributed by atoms with E-state index in [9.17, 15) is 23.1 Å². The lowest BCUT2D eigenvalue weighted by atomic mass is 10.1. The number of carbonyl (C=O) groups is 2. The molecule has 0 unspecified atom stereocenters. The Hall–Kier alpha value is -3.27. The predicted molar refractivity (Wildman–Crippen MR) is 109 cm³/mol. The lowest BCUT2D eigenvalue weighted by molar-refractivity contribution is 0.102. The Morgan fingerprint density at radius 1 is 1.10 bits per heavy atom. The number of nitrogens with one attached hydrogen (secondary N) is 2. The van der Waals surface area contributed by atoms with Crippen molar-refractivity contribution < 1.29 is 23.1 Å². The summed E-state index contributed by atoms with van der Waals surface area (Å²) >= 11 is 0. The molecule has 0 aliphatic carbocycles. The number of urea groups is 1. The fourth-order valence-electron chi connectivity index (χ4n) is 3.44. The van der Waals surface area contributed by atoms with Crippen LogP contribution in [0.1, 0.15) is 16.8 Å². The van der Waals surface area contributed by atoms with Gasteiger partial charge in [-0.25, -0.2) is 13.2 Å². The summed E-state index contributed by atoms with van der Waals surface area (Å²) in [5.74, 6) is -0.580. The molecule has 10 heteroatoms. The Morgan fingerprint density at radius 3 is 2.62 bits per heavy atom. The lowest BCUT2D eigenvalue weighted by Crippen LogP contribution is -2.28. The van der Waals surface area contributed by atoms with Gasteiger partial charge in [-0.2, -0.15) is 0 Å². The van der Waals surface area contributed by atoms with Gasteiger partial charge in [-0.3, -0.25) is 14.0 Å². The van der Waals surface area contributed by atoms with Gasteiger partial charge in [0.25, 0.3) is 5.91 Å². The van der Waals surface area contributed by atoms with E-state index >= 15 is 0 Å². The minimum atomic E-state index is -3.38. The van der Waals surface area contributed by atoms with Crippen molar-refractivity contribution in [2.45, 2.75) is 6.42 Å². The van der Waals surface area contributed by atoms with Gasteiger partial charge in [0, 0.05) is 30.9 Å². The fourth-order valence-corrected chi connectivity index (χ4v) is 4.99. The van der Waals surface area contributed by atoms with Gasteiger partial charge in [-0.15, -0.1) is 0 Å². The fraction of sp³-hybridized carbons (Fsp3) is 0.263. The number of anilines is 3. The summed E-state index contributed by atoms with van der Waals surface area (Å²) in [4.78, 5) is 26.1. The summed E-state index contributed by atoms with van der Waals surface area (Å²) in [5.41, 5.74) is 1.39. The zero-order valence-corrected chi connectivity index (χ0v) is 16.3. The van der Waals surface area contributed by atoms with E-state index in [1.54, 1.807) is 24.3 Å². The van der Waals surface area contributed by atoms with E-state index in [0.29, 0.717) is 43.0 Å². The van der Waals surface area contributed by atoms with Crippen LogP contribution in [0.5, 0.6) is 5.75 Å². The van der Waals surface area contributed by atoms with Crippen LogP contribution in [0, 0.1) is 0 Å². The minimum absolute atomic E-state index is 0.0758. The van der Waals surface area contributed by atoms with Crippen LogP contribution in [0.3, 0.4) is 0 Å². The van der Waals surface area contributed by atoms with Gasteiger partial charge in [0.1, 0.15) is 5.75 Å². The number of carbonyl (C=O) groups excluding carboxylic acids is 2. The number of benzene rings is 2. The SMILES string of the molecule is O=C(Nc1cc(N2CCCS2(=O)=O)ccc1O)c1cccc(N2CCNC2=O)c1. The second-order valence-corrected chi connectivity index (χ2v) is 8.84. The van der Waals surface area contributed by atoms with Crippen molar-refractivity contribution in [2.24, 2.45) is 0 Å². The van der Waals surface area contributed by atoms with Crippen molar-refractivity contribution >= 4 is 39.0 Å². The maximum atomic E-state index is 12.7. The number of rotatable bonds is 4. The van der Waals surface area contributed by atoms with E-state index in [1.807, 2.05) is 0 Å². The molecule has 2 aliphatic rings. The van der Waals surface area contributed by atoms with Crippen molar-refractivity contribution in [3.8, 4) is 5.75 Å². The van der Waals surface area contributed by atoms with Crippen LogP contribution < -0.4 is 19.8 Å². The van der Waals surface area contributed by atoms with E-state index in [1.165, 1.54) is 27.4 Å². The molecule has 9 nitrogen and oxygen atoms in total. The van der Waals surface area contributed by atoms with Crippen LogP contribution in [-0.4, -0.2) is 50.8 Å². The number of phenols is 1. The van der Waals surface area contributed by atoms with Crippen LogP contribution >= 0.6 is 0 Å². The van der Waals surface area contributed by atoms with Crippen molar-refractivity contribution in [3.63, 3.8) is 0 Å². The topological polar surface area (TPSA) is 119 Å². The third kappa shape index (κ3) is 3.70. The summed E-state index contributed by atoms with van der Waals surface area (Å²) in [5, 5.41) is 15.4. The van der Waals surface area contributed by atoms with Crippen LogP contribution in [0.2, 0.25) is 0 Å². The number of hydrogen-bond donors (Lipinski definition) is 3. The van der Waals surface area contributed by atoms with Gasteiger partial charge >= 0.3 is 6.03 Å². The van der Waals surface area contributed by atoms with Crippen LogP contribution in [-0.2, 0) is 10.0 Å². The van der Waals surface area contributed by atoms with E-state index < -0.39 is 15.9 Å². The Morgan fingerprint density at radius 2 is 1.93 bits per heavy atom. The highest BCUT2D eigenvalue weighted by atomic mass is 32.2. The minimum Gasteiger partial charge on any atom is -0.506 e. The Balaban J connectivity index is 1.57. The molecule has 0 radical (unpaired) electrons. The highest BCUT2D eigenvalue weighted by Gasteiger charge is 2.29. The zero-order chi connectivity index (χ0) is 20.6. The Kier molecular flexibility index (Phi) is 4.79. The smallest absolute Gasteiger partial charge is 0.321 e. The first-order valence-corrected chi connectivity index (χ1v) is 10.8. The Bertz CT molecular complexity index is 1090. The van der Waals surface area contributed by atoms with Crippen LogP contribution in [0.25, 0.3) is 0 Å². The molecular formula is C19H20N4O5S. The van der Waals surface area contributed by atoms with Crippen molar-refractivity contribution in [1.29, 1.82) is 0 Å². The predicted octanol–water partition coefficient (Wildman–Crippen LogP) is 1.71. The first kappa shape index (κ1) is 19.1. The summed E-state index contributed by atoms with van der Waals surface area (Å²) in [6.07, 6.45) is 0.530. The summed E-state index contributed by atoms with van der Waals surface area (Å²) in [7, 11) is -3.38. The number of sulfonamides is 1. The molecule has 3 N–H and O–H groups in total. The average molecular weight is 416 g/mol. The molecule has 2 fully saturated rings. The third-order valence-corrected chi connectivity index (χ3v) is 6.76. The average Bonchev–Trinajstić information content (AvgIpc) is 3.28. The van der Waals surface area contributed by atoms with Gasteiger partial charge in [-0.1, -0.05) is 6.07 Å². The van der Waals surface area contributed by atoms with Gasteiger partial charge in [-0.05, 0) is 42.8 Å². The number of hydrogen-bond acceptors (Lipinski definition) is 5. The molecular weight excluding hydrogens is 396 g/mol. The third-order valence-electron chi connectivity index (χ3n) is 4.89.